The highest BCUT2D eigenvalue weighted by Gasteiger charge is 2.54. The Bertz CT molecular complexity index is 511. The molecule has 3 rings (SSSR count). The largest absolute Gasteiger partial charge is 0.474 e. The number of rotatable bonds is 5. The fourth-order valence-electron chi connectivity index (χ4n) is 3.51. The van der Waals surface area contributed by atoms with Crippen molar-refractivity contribution in [3.63, 3.8) is 0 Å². The number of aromatic nitrogens is 1. The second-order valence-corrected chi connectivity index (χ2v) is 6.16. The van der Waals surface area contributed by atoms with Gasteiger partial charge in [-0.25, -0.2) is 4.98 Å². The minimum absolute atomic E-state index is 0.318. The first-order chi connectivity index (χ1) is 9.65. The average Bonchev–Trinajstić information content (AvgIpc) is 2.39. The smallest absolute Gasteiger partial charge is 0.220 e. The lowest BCUT2D eigenvalue weighted by atomic mass is 9.52. The van der Waals surface area contributed by atoms with Crippen LogP contribution >= 0.6 is 0 Å². The fraction of sp³-hybridized carbons (Fsp3) is 0.471. The minimum atomic E-state index is 0.318. The molecule has 2 aliphatic rings. The summed E-state index contributed by atoms with van der Waals surface area (Å²) in [5, 5.41) is 0. The molecule has 20 heavy (non-hydrogen) atoms. The Labute approximate surface area is 121 Å². The fourth-order valence-corrected chi connectivity index (χ4v) is 3.51. The van der Waals surface area contributed by atoms with E-state index in [1.165, 1.54) is 12.8 Å². The first kappa shape index (κ1) is 13.2. The van der Waals surface area contributed by atoms with Gasteiger partial charge in [0.15, 0.2) is 0 Å². The number of ether oxygens (including phenoxy) is 1. The summed E-state index contributed by atoms with van der Waals surface area (Å²) >= 11 is 0. The first-order valence-corrected chi connectivity index (χ1v) is 7.24. The molecule has 0 aromatic carbocycles. The van der Waals surface area contributed by atoms with Crippen molar-refractivity contribution in [3.8, 4) is 5.88 Å². The Morgan fingerprint density at radius 2 is 2.10 bits per heavy atom. The van der Waals surface area contributed by atoms with Gasteiger partial charge in [-0.3, -0.25) is 0 Å². The molecule has 2 saturated carbocycles. The van der Waals surface area contributed by atoms with Crippen LogP contribution in [0.5, 0.6) is 5.88 Å². The molecule has 0 radical (unpaired) electrons. The van der Waals surface area contributed by atoms with Gasteiger partial charge >= 0.3 is 0 Å². The summed E-state index contributed by atoms with van der Waals surface area (Å²) in [5.41, 5.74) is 1.50. The van der Waals surface area contributed by atoms with E-state index in [-0.39, 0.29) is 0 Å². The molecule has 1 spiro atoms. The summed E-state index contributed by atoms with van der Waals surface area (Å²) < 4.78 is 6.01. The molecule has 1 aromatic rings. The summed E-state index contributed by atoms with van der Waals surface area (Å²) in [6, 6.07) is 4.57. The Kier molecular flexibility index (Phi) is 3.28. The molecule has 0 aliphatic heterocycles. The molecule has 2 aliphatic carbocycles. The van der Waals surface area contributed by atoms with Crippen molar-refractivity contribution in [3.05, 3.63) is 43.3 Å². The van der Waals surface area contributed by atoms with Crippen molar-refractivity contribution in [2.75, 3.05) is 7.05 Å². The number of nitrogens with zero attached hydrogens (tertiary/aromatic N) is 2. The predicted octanol–water partition coefficient (Wildman–Crippen LogP) is 3.49. The van der Waals surface area contributed by atoms with Crippen molar-refractivity contribution in [1.29, 1.82) is 0 Å². The van der Waals surface area contributed by atoms with Crippen LogP contribution in [0.25, 0.3) is 6.08 Å². The second kappa shape index (κ2) is 4.97. The van der Waals surface area contributed by atoms with E-state index in [4.69, 9.17) is 4.74 Å². The first-order valence-electron chi connectivity index (χ1n) is 7.24. The van der Waals surface area contributed by atoms with Crippen LogP contribution in [0.15, 0.2) is 37.7 Å². The van der Waals surface area contributed by atoms with Gasteiger partial charge in [-0.05, 0) is 49.4 Å². The van der Waals surface area contributed by atoms with Gasteiger partial charge < -0.3 is 9.64 Å². The molecule has 0 unspecified atom stereocenters. The normalized spacial score (nSPS) is 31.1. The van der Waals surface area contributed by atoms with E-state index in [1.54, 1.807) is 12.3 Å². The molecule has 0 amide bonds. The van der Waals surface area contributed by atoms with Crippen molar-refractivity contribution in [2.45, 2.75) is 37.8 Å². The zero-order chi connectivity index (χ0) is 14.2. The topological polar surface area (TPSA) is 25.4 Å². The van der Waals surface area contributed by atoms with Gasteiger partial charge in [-0.1, -0.05) is 19.2 Å². The van der Waals surface area contributed by atoms with Crippen LogP contribution in [-0.2, 0) is 0 Å². The minimum Gasteiger partial charge on any atom is -0.474 e. The van der Waals surface area contributed by atoms with Gasteiger partial charge in [-0.2, -0.15) is 0 Å². The summed E-state index contributed by atoms with van der Waals surface area (Å²) in [6.07, 6.45) is 10.7. The van der Waals surface area contributed by atoms with Crippen molar-refractivity contribution < 1.29 is 4.74 Å². The third kappa shape index (κ3) is 2.21. The molecule has 3 heteroatoms. The van der Waals surface area contributed by atoms with E-state index in [9.17, 15) is 0 Å². The molecule has 106 valence electrons. The molecule has 0 N–H and O–H groups in total. The number of hydrogen-bond donors (Lipinski definition) is 0. The quantitative estimate of drug-likeness (QED) is 0.819. The third-order valence-corrected chi connectivity index (χ3v) is 4.82. The summed E-state index contributed by atoms with van der Waals surface area (Å²) in [5.74, 6) is 0.724. The van der Waals surface area contributed by atoms with E-state index >= 15 is 0 Å². The van der Waals surface area contributed by atoms with Gasteiger partial charge in [0.2, 0.25) is 5.88 Å². The zero-order valence-electron chi connectivity index (χ0n) is 12.1. The second-order valence-electron chi connectivity index (χ2n) is 6.16. The lowest BCUT2D eigenvalue weighted by Gasteiger charge is -2.58. The van der Waals surface area contributed by atoms with E-state index in [0.29, 0.717) is 17.6 Å². The zero-order valence-corrected chi connectivity index (χ0v) is 12.1. The third-order valence-electron chi connectivity index (χ3n) is 4.82. The van der Waals surface area contributed by atoms with E-state index in [0.717, 1.165) is 24.3 Å². The Hall–Kier alpha value is -1.77. The Morgan fingerprint density at radius 3 is 2.75 bits per heavy atom. The average molecular weight is 270 g/mol. The molecule has 0 saturated heterocycles. The van der Waals surface area contributed by atoms with Crippen LogP contribution in [0.3, 0.4) is 0 Å². The van der Waals surface area contributed by atoms with Gasteiger partial charge in [0, 0.05) is 24.8 Å². The van der Waals surface area contributed by atoms with Crippen LogP contribution in [0.2, 0.25) is 0 Å². The highest BCUT2D eigenvalue weighted by atomic mass is 16.5. The van der Waals surface area contributed by atoms with Crippen LogP contribution in [0.1, 0.15) is 31.2 Å². The van der Waals surface area contributed by atoms with Gasteiger partial charge in [-0.15, -0.1) is 0 Å². The maximum absolute atomic E-state index is 6.01. The SMILES string of the molecule is C=Cc1cccnc1OC1CC2(C1)CC(N(C)C=C)C2. The molecule has 2 fully saturated rings. The molecule has 1 heterocycles. The van der Waals surface area contributed by atoms with E-state index in [1.807, 2.05) is 18.3 Å². The Morgan fingerprint density at radius 1 is 1.35 bits per heavy atom. The maximum atomic E-state index is 6.01. The van der Waals surface area contributed by atoms with Crippen LogP contribution < -0.4 is 4.74 Å². The van der Waals surface area contributed by atoms with Crippen LogP contribution in [0.4, 0.5) is 0 Å². The molecule has 1 aromatic heterocycles. The number of hydrogen-bond acceptors (Lipinski definition) is 3. The van der Waals surface area contributed by atoms with Crippen LogP contribution in [0, 0.1) is 5.41 Å². The Balaban J connectivity index is 1.52. The molecular weight excluding hydrogens is 248 g/mol. The lowest BCUT2D eigenvalue weighted by Crippen LogP contribution is -2.57. The maximum Gasteiger partial charge on any atom is 0.220 e. The lowest BCUT2D eigenvalue weighted by molar-refractivity contribution is -0.103. The van der Waals surface area contributed by atoms with E-state index in [2.05, 4.69) is 30.1 Å². The molecule has 0 bridgehead atoms. The van der Waals surface area contributed by atoms with Crippen molar-refractivity contribution in [1.82, 2.24) is 9.88 Å². The van der Waals surface area contributed by atoms with Gasteiger partial charge in [0.1, 0.15) is 6.10 Å². The highest BCUT2D eigenvalue weighted by molar-refractivity contribution is 5.52. The van der Waals surface area contributed by atoms with Crippen molar-refractivity contribution in [2.24, 2.45) is 5.41 Å². The van der Waals surface area contributed by atoms with Gasteiger partial charge in [0.25, 0.3) is 0 Å². The summed E-state index contributed by atoms with van der Waals surface area (Å²) in [7, 11) is 2.11. The molecule has 0 atom stereocenters. The van der Waals surface area contributed by atoms with Crippen molar-refractivity contribution >= 4 is 6.08 Å². The highest BCUT2D eigenvalue weighted by Crippen LogP contribution is 2.57. The summed E-state index contributed by atoms with van der Waals surface area (Å²) in [4.78, 5) is 6.53. The van der Waals surface area contributed by atoms with E-state index < -0.39 is 0 Å². The molecular formula is C17H22N2O. The monoisotopic (exact) mass is 270 g/mol. The standard InChI is InChI=1S/C17H22N2O/c1-4-13-7-6-8-18-16(13)20-15-11-17(12-15)9-14(10-17)19(3)5-2/h4-8,14-15H,1-2,9-12H2,3H3. The number of pyridine rings is 1. The van der Waals surface area contributed by atoms with Crippen LogP contribution in [-0.4, -0.2) is 29.1 Å². The predicted molar refractivity (Wildman–Crippen MR) is 81.4 cm³/mol. The van der Waals surface area contributed by atoms with Gasteiger partial charge in [0.05, 0.1) is 0 Å². The molecule has 3 nitrogen and oxygen atoms in total. The summed E-state index contributed by atoms with van der Waals surface area (Å²) in [6.45, 7) is 7.63.